The molecule has 0 bridgehead atoms. The van der Waals surface area contributed by atoms with Crippen molar-refractivity contribution in [3.63, 3.8) is 0 Å². The largest absolute Gasteiger partial charge is 0.311 e. The van der Waals surface area contributed by atoms with Crippen molar-refractivity contribution >= 4 is 11.8 Å². The predicted molar refractivity (Wildman–Crippen MR) is 84.4 cm³/mol. The Labute approximate surface area is 118 Å². The van der Waals surface area contributed by atoms with Gasteiger partial charge in [0.1, 0.15) is 0 Å². The van der Waals surface area contributed by atoms with E-state index in [0.717, 1.165) is 23.6 Å². The Morgan fingerprint density at radius 1 is 1.22 bits per heavy atom. The van der Waals surface area contributed by atoms with Gasteiger partial charge in [-0.3, -0.25) is 4.90 Å². The minimum absolute atomic E-state index is 0.689. The van der Waals surface area contributed by atoms with Gasteiger partial charge in [-0.25, -0.2) is 0 Å². The van der Waals surface area contributed by atoms with Crippen molar-refractivity contribution in [2.24, 2.45) is 11.8 Å². The Kier molecular flexibility index (Phi) is 7.04. The smallest absolute Gasteiger partial charge is 0.0244 e. The van der Waals surface area contributed by atoms with Gasteiger partial charge in [0.2, 0.25) is 0 Å². The molecule has 0 aromatic carbocycles. The van der Waals surface area contributed by atoms with Crippen LogP contribution < -0.4 is 5.32 Å². The van der Waals surface area contributed by atoms with Gasteiger partial charge in [0, 0.05) is 37.0 Å². The molecule has 1 aliphatic rings. The molecule has 0 amide bonds. The fourth-order valence-corrected chi connectivity index (χ4v) is 3.24. The van der Waals surface area contributed by atoms with Crippen LogP contribution in [0, 0.1) is 11.8 Å². The maximum atomic E-state index is 3.75. The highest BCUT2D eigenvalue weighted by molar-refractivity contribution is 7.99. The van der Waals surface area contributed by atoms with Crippen molar-refractivity contribution in [2.75, 3.05) is 25.9 Å². The molecular weight excluding hydrogens is 240 g/mol. The number of hydrogen-bond donors (Lipinski definition) is 1. The zero-order valence-corrected chi connectivity index (χ0v) is 13.9. The van der Waals surface area contributed by atoms with E-state index in [1.54, 1.807) is 0 Å². The van der Waals surface area contributed by atoms with E-state index in [1.807, 2.05) is 11.8 Å². The second-order valence-electron chi connectivity index (χ2n) is 6.55. The average Bonchev–Trinajstić information content (AvgIpc) is 2.27. The molecule has 1 rings (SSSR count). The number of hydrogen-bond acceptors (Lipinski definition) is 3. The molecule has 0 aliphatic carbocycles. The summed E-state index contributed by atoms with van der Waals surface area (Å²) in [4.78, 5) is 2.73. The molecule has 1 N–H and O–H groups in total. The Balaban J connectivity index is 2.58. The number of piperazine rings is 1. The van der Waals surface area contributed by atoms with E-state index in [0.29, 0.717) is 12.1 Å². The van der Waals surface area contributed by atoms with E-state index in [9.17, 15) is 0 Å². The zero-order valence-electron chi connectivity index (χ0n) is 13.1. The summed E-state index contributed by atoms with van der Waals surface area (Å²) in [6, 6.07) is 1.40. The third kappa shape index (κ3) is 5.10. The molecule has 18 heavy (non-hydrogen) atoms. The van der Waals surface area contributed by atoms with Crippen LogP contribution in [0.2, 0.25) is 0 Å². The maximum absolute atomic E-state index is 3.75. The van der Waals surface area contributed by atoms with Crippen LogP contribution in [-0.2, 0) is 0 Å². The van der Waals surface area contributed by atoms with Crippen LogP contribution in [0.5, 0.6) is 0 Å². The van der Waals surface area contributed by atoms with Crippen molar-refractivity contribution in [2.45, 2.75) is 58.4 Å². The molecule has 1 saturated heterocycles. The molecular formula is C15H32N2S. The molecule has 0 aromatic rings. The normalized spacial score (nSPS) is 28.0. The summed E-state index contributed by atoms with van der Waals surface area (Å²) >= 11 is 1.99. The van der Waals surface area contributed by atoms with Crippen molar-refractivity contribution in [3.05, 3.63) is 0 Å². The molecule has 3 unspecified atom stereocenters. The summed E-state index contributed by atoms with van der Waals surface area (Å²) < 4.78 is 0. The number of nitrogens with one attached hydrogen (secondary N) is 1. The second kappa shape index (κ2) is 7.76. The molecule has 0 saturated carbocycles. The van der Waals surface area contributed by atoms with Crippen LogP contribution >= 0.6 is 11.8 Å². The van der Waals surface area contributed by atoms with Gasteiger partial charge >= 0.3 is 0 Å². The summed E-state index contributed by atoms with van der Waals surface area (Å²) in [7, 11) is 0. The highest BCUT2D eigenvalue weighted by Gasteiger charge is 2.30. The molecule has 2 nitrogen and oxygen atoms in total. The summed E-state index contributed by atoms with van der Waals surface area (Å²) in [6.07, 6.45) is 3.53. The quantitative estimate of drug-likeness (QED) is 0.800. The van der Waals surface area contributed by atoms with E-state index in [1.165, 1.54) is 19.5 Å². The lowest BCUT2D eigenvalue weighted by Gasteiger charge is -2.43. The molecule has 1 heterocycles. The average molecular weight is 273 g/mol. The van der Waals surface area contributed by atoms with Crippen molar-refractivity contribution < 1.29 is 0 Å². The van der Waals surface area contributed by atoms with Crippen LogP contribution in [0.25, 0.3) is 0 Å². The third-order valence-corrected chi connectivity index (χ3v) is 4.91. The highest BCUT2D eigenvalue weighted by atomic mass is 32.2. The fourth-order valence-electron chi connectivity index (χ4n) is 2.90. The lowest BCUT2D eigenvalue weighted by Crippen LogP contribution is -2.59. The molecule has 0 spiro atoms. The molecule has 1 aliphatic heterocycles. The maximum Gasteiger partial charge on any atom is 0.0244 e. The van der Waals surface area contributed by atoms with Crippen molar-refractivity contribution in [1.82, 2.24) is 10.2 Å². The Bertz CT molecular complexity index is 231. The monoisotopic (exact) mass is 272 g/mol. The van der Waals surface area contributed by atoms with Gasteiger partial charge in [-0.1, -0.05) is 34.6 Å². The minimum Gasteiger partial charge on any atom is -0.311 e. The summed E-state index contributed by atoms with van der Waals surface area (Å²) in [6.45, 7) is 15.3. The Morgan fingerprint density at radius 2 is 1.89 bits per heavy atom. The molecule has 108 valence electrons. The second-order valence-corrected chi connectivity index (χ2v) is 7.82. The lowest BCUT2D eigenvalue weighted by molar-refractivity contribution is 0.0938. The summed E-state index contributed by atoms with van der Waals surface area (Å²) in [5, 5.41) is 4.49. The first-order valence-corrected chi connectivity index (χ1v) is 8.73. The number of rotatable bonds is 6. The molecule has 3 atom stereocenters. The van der Waals surface area contributed by atoms with Gasteiger partial charge in [-0.05, 0) is 24.5 Å². The lowest BCUT2D eigenvalue weighted by atomic mass is 9.95. The van der Waals surface area contributed by atoms with E-state index < -0.39 is 0 Å². The fraction of sp³-hybridized carbons (Fsp3) is 1.00. The van der Waals surface area contributed by atoms with Crippen LogP contribution in [-0.4, -0.2) is 48.1 Å². The van der Waals surface area contributed by atoms with Gasteiger partial charge < -0.3 is 5.32 Å². The van der Waals surface area contributed by atoms with Crippen molar-refractivity contribution in [3.8, 4) is 0 Å². The number of thioether (sulfide) groups is 1. The van der Waals surface area contributed by atoms with E-state index in [2.05, 4.69) is 51.1 Å². The topological polar surface area (TPSA) is 15.3 Å². The highest BCUT2D eigenvalue weighted by Crippen LogP contribution is 2.20. The summed E-state index contributed by atoms with van der Waals surface area (Å²) in [5.41, 5.74) is 0. The van der Waals surface area contributed by atoms with Gasteiger partial charge in [0.05, 0.1) is 0 Å². The molecule has 0 aromatic heterocycles. The molecule has 3 heteroatoms. The zero-order chi connectivity index (χ0) is 13.7. The first kappa shape index (κ1) is 16.3. The van der Waals surface area contributed by atoms with Crippen LogP contribution in [0.3, 0.4) is 0 Å². The van der Waals surface area contributed by atoms with Crippen LogP contribution in [0.1, 0.15) is 41.0 Å². The van der Waals surface area contributed by atoms with E-state index in [-0.39, 0.29) is 0 Å². The first-order chi connectivity index (χ1) is 8.43. The summed E-state index contributed by atoms with van der Waals surface area (Å²) in [5.74, 6) is 1.53. The molecule has 0 radical (unpaired) electrons. The minimum atomic E-state index is 0.689. The standard InChI is InChI=1S/C15H32N2S/c1-11(2)7-14-10-17(9-13(5)18-6)15(8-16-14)12(3)4/h11-16H,7-10H2,1-6H3. The predicted octanol–water partition coefficient (Wildman–Crippen LogP) is 3.08. The third-order valence-electron chi connectivity index (χ3n) is 3.96. The van der Waals surface area contributed by atoms with Gasteiger partial charge in [0.15, 0.2) is 0 Å². The van der Waals surface area contributed by atoms with Crippen LogP contribution in [0.15, 0.2) is 0 Å². The first-order valence-electron chi connectivity index (χ1n) is 7.44. The van der Waals surface area contributed by atoms with Gasteiger partial charge in [-0.15, -0.1) is 0 Å². The van der Waals surface area contributed by atoms with Crippen LogP contribution in [0.4, 0.5) is 0 Å². The van der Waals surface area contributed by atoms with Crippen molar-refractivity contribution in [1.29, 1.82) is 0 Å². The van der Waals surface area contributed by atoms with E-state index in [4.69, 9.17) is 0 Å². The number of nitrogens with zero attached hydrogens (tertiary/aromatic N) is 1. The van der Waals surface area contributed by atoms with Gasteiger partial charge in [-0.2, -0.15) is 11.8 Å². The van der Waals surface area contributed by atoms with E-state index >= 15 is 0 Å². The Hall–Kier alpha value is 0.270. The van der Waals surface area contributed by atoms with Gasteiger partial charge in [0.25, 0.3) is 0 Å². The SMILES string of the molecule is CSC(C)CN1CC(CC(C)C)NCC1C(C)C. The Morgan fingerprint density at radius 3 is 2.39 bits per heavy atom. The molecule has 1 fully saturated rings.